The molecule has 0 aliphatic rings. The third kappa shape index (κ3) is 3.29. The Morgan fingerprint density at radius 3 is 2.47 bits per heavy atom. The Hall–Kier alpha value is -1.88. The predicted molar refractivity (Wildman–Crippen MR) is 62.1 cm³/mol. The summed E-state index contributed by atoms with van der Waals surface area (Å²) in [7, 11) is 1.09. The van der Waals surface area contributed by atoms with Crippen LogP contribution in [0.1, 0.15) is 17.3 Å². The molecule has 0 fully saturated rings. The molecule has 0 saturated carbocycles. The number of hydrogen-bond donors (Lipinski definition) is 1. The first-order chi connectivity index (χ1) is 7.95. The van der Waals surface area contributed by atoms with Gasteiger partial charge in [-0.1, -0.05) is 11.6 Å². The molecule has 0 heterocycles. The van der Waals surface area contributed by atoms with E-state index in [4.69, 9.17) is 11.6 Å². The molecule has 1 amide bonds. The van der Waals surface area contributed by atoms with Crippen LogP contribution in [0.25, 0.3) is 0 Å². The summed E-state index contributed by atoms with van der Waals surface area (Å²) >= 11 is 5.74. The van der Waals surface area contributed by atoms with Gasteiger partial charge in [0, 0.05) is 10.6 Å². The summed E-state index contributed by atoms with van der Waals surface area (Å²) in [5.41, 5.74) is 0.451. The zero-order valence-electron chi connectivity index (χ0n) is 9.24. The molecule has 0 aliphatic carbocycles. The lowest BCUT2D eigenvalue weighted by Gasteiger charge is -2.08. The molecular formula is C11H10ClNO4. The van der Waals surface area contributed by atoms with Crippen molar-refractivity contribution in [2.45, 2.75) is 6.92 Å². The molecule has 0 aromatic heterocycles. The number of carbonyl (C=O) groups is 3. The number of ether oxygens (including phenoxy) is 1. The number of amides is 1. The van der Waals surface area contributed by atoms with Gasteiger partial charge in [-0.2, -0.15) is 0 Å². The van der Waals surface area contributed by atoms with Gasteiger partial charge in [0.05, 0.1) is 12.8 Å². The van der Waals surface area contributed by atoms with Crippen molar-refractivity contribution in [2.24, 2.45) is 0 Å². The van der Waals surface area contributed by atoms with Gasteiger partial charge in [-0.3, -0.25) is 9.59 Å². The number of nitrogens with one attached hydrogen (secondary N) is 1. The van der Waals surface area contributed by atoms with Crippen LogP contribution in [-0.2, 0) is 14.3 Å². The lowest BCUT2D eigenvalue weighted by molar-refractivity contribution is -0.150. The number of ketones is 1. The molecular weight excluding hydrogens is 246 g/mol. The van der Waals surface area contributed by atoms with E-state index in [9.17, 15) is 14.4 Å². The minimum Gasteiger partial charge on any atom is -0.462 e. The number of halogens is 1. The van der Waals surface area contributed by atoms with Gasteiger partial charge in [0.2, 0.25) is 0 Å². The lowest BCUT2D eigenvalue weighted by Crippen LogP contribution is -2.24. The van der Waals surface area contributed by atoms with Gasteiger partial charge in [-0.25, -0.2) is 4.79 Å². The van der Waals surface area contributed by atoms with E-state index >= 15 is 0 Å². The summed E-state index contributed by atoms with van der Waals surface area (Å²) in [5.74, 6) is -2.25. The topological polar surface area (TPSA) is 72.5 Å². The fraction of sp³-hybridized carbons (Fsp3) is 0.182. The number of anilines is 1. The highest BCUT2D eigenvalue weighted by molar-refractivity contribution is 6.38. The molecule has 1 N–H and O–H groups in total. The normalized spacial score (nSPS) is 9.59. The Morgan fingerprint density at radius 2 is 1.94 bits per heavy atom. The Bertz CT molecular complexity index is 484. The molecule has 6 heteroatoms. The summed E-state index contributed by atoms with van der Waals surface area (Å²) in [4.78, 5) is 33.5. The molecule has 1 rings (SSSR count). The maximum atomic E-state index is 11.3. The van der Waals surface area contributed by atoms with Crippen LogP contribution in [0.15, 0.2) is 18.2 Å². The minimum atomic E-state index is -1.04. The Kier molecular flexibility index (Phi) is 4.23. The van der Waals surface area contributed by atoms with Crippen LogP contribution in [0.4, 0.5) is 5.69 Å². The number of methoxy groups -OCH3 is 1. The van der Waals surface area contributed by atoms with Crippen LogP contribution in [-0.4, -0.2) is 24.8 Å². The van der Waals surface area contributed by atoms with Crippen molar-refractivity contribution in [1.82, 2.24) is 0 Å². The van der Waals surface area contributed by atoms with E-state index in [-0.39, 0.29) is 17.0 Å². The van der Waals surface area contributed by atoms with E-state index in [1.165, 1.54) is 25.1 Å². The lowest BCUT2D eigenvalue weighted by atomic mass is 10.1. The van der Waals surface area contributed by atoms with Crippen molar-refractivity contribution in [1.29, 1.82) is 0 Å². The van der Waals surface area contributed by atoms with E-state index < -0.39 is 11.9 Å². The number of Topliss-reactive ketones (excluding diaryl/α,β-unsaturated/α-hetero) is 1. The minimum absolute atomic E-state index is 0.181. The average Bonchev–Trinajstić information content (AvgIpc) is 2.27. The largest absolute Gasteiger partial charge is 0.462 e. The fourth-order valence-electron chi connectivity index (χ4n) is 1.19. The zero-order valence-corrected chi connectivity index (χ0v) is 10.00. The van der Waals surface area contributed by atoms with Gasteiger partial charge in [-0.15, -0.1) is 0 Å². The van der Waals surface area contributed by atoms with Crippen LogP contribution in [0.2, 0.25) is 5.02 Å². The first-order valence-electron chi connectivity index (χ1n) is 4.65. The van der Waals surface area contributed by atoms with E-state index in [0.29, 0.717) is 5.02 Å². The number of carbonyl (C=O) groups excluding carboxylic acids is 3. The van der Waals surface area contributed by atoms with Crippen LogP contribution >= 0.6 is 11.6 Å². The molecule has 0 bridgehead atoms. The van der Waals surface area contributed by atoms with Gasteiger partial charge >= 0.3 is 11.9 Å². The highest BCUT2D eigenvalue weighted by atomic mass is 35.5. The number of benzene rings is 1. The van der Waals surface area contributed by atoms with Crippen LogP contribution in [0.5, 0.6) is 0 Å². The summed E-state index contributed by atoms with van der Waals surface area (Å²) in [6.45, 7) is 1.34. The van der Waals surface area contributed by atoms with Crippen molar-refractivity contribution in [3.05, 3.63) is 28.8 Å². The summed E-state index contributed by atoms with van der Waals surface area (Å²) < 4.78 is 4.25. The molecule has 1 aromatic rings. The summed E-state index contributed by atoms with van der Waals surface area (Å²) in [6.07, 6.45) is 0. The average molecular weight is 256 g/mol. The van der Waals surface area contributed by atoms with E-state index in [1.807, 2.05) is 0 Å². The fourth-order valence-corrected chi connectivity index (χ4v) is 1.37. The Balaban J connectivity index is 3.04. The quantitative estimate of drug-likeness (QED) is 0.495. The Morgan fingerprint density at radius 1 is 1.29 bits per heavy atom. The Labute approximate surface area is 103 Å². The number of hydrogen-bond acceptors (Lipinski definition) is 4. The summed E-state index contributed by atoms with van der Waals surface area (Å²) in [6, 6.07) is 4.38. The molecule has 5 nitrogen and oxygen atoms in total. The van der Waals surface area contributed by atoms with Crippen molar-refractivity contribution in [2.75, 3.05) is 12.4 Å². The zero-order chi connectivity index (χ0) is 13.0. The van der Waals surface area contributed by atoms with Gasteiger partial charge in [-0.05, 0) is 25.1 Å². The summed E-state index contributed by atoms with van der Waals surface area (Å²) in [5, 5.41) is 2.61. The van der Waals surface area contributed by atoms with Gasteiger partial charge < -0.3 is 10.1 Å². The molecule has 0 atom stereocenters. The molecule has 1 aromatic carbocycles. The van der Waals surface area contributed by atoms with Crippen molar-refractivity contribution >= 4 is 34.9 Å². The van der Waals surface area contributed by atoms with E-state index in [1.54, 1.807) is 0 Å². The third-order valence-corrected chi connectivity index (χ3v) is 2.21. The van der Waals surface area contributed by atoms with E-state index in [0.717, 1.165) is 7.11 Å². The first kappa shape index (κ1) is 13.2. The van der Waals surface area contributed by atoms with Crippen molar-refractivity contribution in [3.63, 3.8) is 0 Å². The first-order valence-corrected chi connectivity index (χ1v) is 5.03. The highest BCUT2D eigenvalue weighted by Gasteiger charge is 2.17. The third-order valence-electron chi connectivity index (χ3n) is 1.98. The number of esters is 1. The molecule has 17 heavy (non-hydrogen) atoms. The van der Waals surface area contributed by atoms with Crippen LogP contribution in [0, 0.1) is 0 Å². The van der Waals surface area contributed by atoms with Gasteiger partial charge in [0.1, 0.15) is 0 Å². The smallest absolute Gasteiger partial charge is 0.396 e. The molecule has 0 spiro atoms. The molecule has 0 aliphatic heterocycles. The van der Waals surface area contributed by atoms with Crippen molar-refractivity contribution < 1.29 is 19.1 Å². The number of rotatable bonds is 2. The maximum Gasteiger partial charge on any atom is 0.396 e. The standard InChI is InChI=1S/C11H10ClNO4/c1-6(14)8-4-3-7(12)5-9(8)13-10(15)11(16)17-2/h3-5H,1-2H3,(H,13,15). The second-order valence-corrected chi connectivity index (χ2v) is 3.63. The monoisotopic (exact) mass is 255 g/mol. The molecule has 90 valence electrons. The van der Waals surface area contributed by atoms with Gasteiger partial charge in [0.25, 0.3) is 0 Å². The van der Waals surface area contributed by atoms with Crippen molar-refractivity contribution in [3.8, 4) is 0 Å². The molecule has 0 saturated heterocycles. The SMILES string of the molecule is COC(=O)C(=O)Nc1cc(Cl)ccc1C(C)=O. The van der Waals surface area contributed by atoms with E-state index in [2.05, 4.69) is 10.1 Å². The van der Waals surface area contributed by atoms with Gasteiger partial charge in [0.15, 0.2) is 5.78 Å². The highest BCUT2D eigenvalue weighted by Crippen LogP contribution is 2.21. The van der Waals surface area contributed by atoms with Crippen LogP contribution < -0.4 is 5.32 Å². The second kappa shape index (κ2) is 5.45. The van der Waals surface area contributed by atoms with Crippen LogP contribution in [0.3, 0.4) is 0 Å². The maximum absolute atomic E-state index is 11.3. The molecule has 0 radical (unpaired) electrons. The second-order valence-electron chi connectivity index (χ2n) is 3.19. The molecule has 0 unspecified atom stereocenters. The predicted octanol–water partition coefficient (Wildman–Crippen LogP) is 1.65.